The van der Waals surface area contributed by atoms with Crippen molar-refractivity contribution in [2.45, 2.75) is 44.8 Å². The van der Waals surface area contributed by atoms with Crippen LogP contribution in [0.3, 0.4) is 0 Å². The van der Waals surface area contributed by atoms with E-state index in [0.717, 1.165) is 36.1 Å². The molecule has 31 heavy (non-hydrogen) atoms. The lowest BCUT2D eigenvalue weighted by Gasteiger charge is -2.28. The molecule has 0 unspecified atom stereocenters. The van der Waals surface area contributed by atoms with E-state index in [1.807, 2.05) is 41.8 Å². The van der Waals surface area contributed by atoms with Crippen LogP contribution in [0.15, 0.2) is 48.5 Å². The van der Waals surface area contributed by atoms with Gasteiger partial charge in [-0.05, 0) is 55.2 Å². The molecule has 2 aromatic carbocycles. The molecule has 1 aromatic heterocycles. The summed E-state index contributed by atoms with van der Waals surface area (Å²) in [6, 6.07) is 14.5. The van der Waals surface area contributed by atoms with Gasteiger partial charge in [0, 0.05) is 5.02 Å². The van der Waals surface area contributed by atoms with Gasteiger partial charge in [-0.3, -0.25) is 9.36 Å². The Hall–Kier alpha value is -2.47. The highest BCUT2D eigenvalue weighted by Crippen LogP contribution is 2.38. The van der Waals surface area contributed by atoms with Gasteiger partial charge < -0.3 is 16.2 Å². The van der Waals surface area contributed by atoms with Gasteiger partial charge in [0.2, 0.25) is 0 Å². The van der Waals surface area contributed by atoms with Gasteiger partial charge in [-0.15, -0.1) is 0 Å². The lowest BCUT2D eigenvalue weighted by Crippen LogP contribution is -2.45. The Kier molecular flexibility index (Phi) is 6.28. The van der Waals surface area contributed by atoms with Crippen molar-refractivity contribution in [2.24, 2.45) is 0 Å². The minimum absolute atomic E-state index is 0.275. The summed E-state index contributed by atoms with van der Waals surface area (Å²) in [5.41, 5.74) is 10.0. The molecular weight excluding hydrogens is 433 g/mol. The predicted octanol–water partition coefficient (Wildman–Crippen LogP) is 5.38. The Bertz CT molecular complexity index is 1110. The van der Waals surface area contributed by atoms with Crippen molar-refractivity contribution >= 4 is 34.9 Å². The number of para-hydroxylation sites is 1. The molecule has 2 atom stereocenters. The van der Waals surface area contributed by atoms with Crippen molar-refractivity contribution in [2.75, 3.05) is 5.73 Å². The molecular formula is C24H25Cl2N3O2. The molecule has 0 radical (unpaired) electrons. The number of amides is 1. The Morgan fingerprint density at radius 3 is 2.45 bits per heavy atom. The Morgan fingerprint density at radius 1 is 1.10 bits per heavy atom. The standard InChI is InChI=1S/C24H25Cl2N3O2/c1-14-21(24(31)28-18-7-3-5-9-20(18)30)23(27)29(19-8-4-2-6-17(19)26)22(14)15-10-12-16(25)13-11-15/h2,4,6,8,10-13,18,20,30H,3,5,7,9,27H2,1H3,(H,28,31)/t18-,20-/m1/s1. The number of nitrogens with zero attached hydrogens (tertiary/aromatic N) is 1. The average Bonchev–Trinajstić information content (AvgIpc) is 3.01. The molecule has 1 aliphatic rings. The first-order valence-electron chi connectivity index (χ1n) is 10.4. The molecule has 7 heteroatoms. The number of nitrogens with two attached hydrogens (primary N) is 1. The quantitative estimate of drug-likeness (QED) is 0.492. The Balaban J connectivity index is 1.85. The zero-order chi connectivity index (χ0) is 22.1. The van der Waals surface area contributed by atoms with Crippen molar-refractivity contribution in [3.63, 3.8) is 0 Å². The second-order valence-electron chi connectivity index (χ2n) is 7.96. The molecule has 1 aliphatic carbocycles. The third-order valence-electron chi connectivity index (χ3n) is 5.93. The molecule has 1 fully saturated rings. The maximum Gasteiger partial charge on any atom is 0.255 e. The molecule has 0 spiro atoms. The number of nitrogens with one attached hydrogen (secondary N) is 1. The third-order valence-corrected chi connectivity index (χ3v) is 6.51. The van der Waals surface area contributed by atoms with Gasteiger partial charge in [-0.1, -0.05) is 60.3 Å². The number of hydrogen-bond donors (Lipinski definition) is 3. The van der Waals surface area contributed by atoms with E-state index in [9.17, 15) is 9.90 Å². The minimum Gasteiger partial charge on any atom is -0.391 e. The number of aliphatic hydroxyl groups is 1. The summed E-state index contributed by atoms with van der Waals surface area (Å²) in [5.74, 6) is 0.0142. The highest BCUT2D eigenvalue weighted by Gasteiger charge is 2.30. The van der Waals surface area contributed by atoms with Crippen LogP contribution in [0.2, 0.25) is 10.0 Å². The molecule has 4 rings (SSSR count). The number of aliphatic hydroxyl groups excluding tert-OH is 1. The van der Waals surface area contributed by atoms with Crippen LogP contribution in [-0.4, -0.2) is 27.7 Å². The minimum atomic E-state index is -0.541. The van der Waals surface area contributed by atoms with Gasteiger partial charge in [0.1, 0.15) is 5.82 Å². The van der Waals surface area contributed by atoms with Gasteiger partial charge in [-0.2, -0.15) is 0 Å². The van der Waals surface area contributed by atoms with E-state index in [1.165, 1.54) is 0 Å². The van der Waals surface area contributed by atoms with Crippen LogP contribution in [0.4, 0.5) is 5.82 Å². The van der Waals surface area contributed by atoms with E-state index in [4.69, 9.17) is 28.9 Å². The number of benzene rings is 2. The number of rotatable bonds is 4. The highest BCUT2D eigenvalue weighted by molar-refractivity contribution is 6.32. The Morgan fingerprint density at radius 2 is 1.77 bits per heavy atom. The van der Waals surface area contributed by atoms with E-state index < -0.39 is 6.10 Å². The zero-order valence-electron chi connectivity index (χ0n) is 17.2. The van der Waals surface area contributed by atoms with Crippen LogP contribution in [0, 0.1) is 6.92 Å². The fourth-order valence-corrected chi connectivity index (χ4v) is 4.70. The molecule has 0 bridgehead atoms. The number of carbonyl (C=O) groups excluding carboxylic acids is 1. The van der Waals surface area contributed by atoms with E-state index in [2.05, 4.69) is 5.32 Å². The van der Waals surface area contributed by atoms with Crippen molar-refractivity contribution in [1.82, 2.24) is 9.88 Å². The summed E-state index contributed by atoms with van der Waals surface area (Å²) in [5, 5.41) is 14.4. The number of hydrogen-bond acceptors (Lipinski definition) is 3. The summed E-state index contributed by atoms with van der Waals surface area (Å²) in [7, 11) is 0. The molecule has 1 heterocycles. The normalized spacial score (nSPS) is 18.7. The van der Waals surface area contributed by atoms with Crippen molar-refractivity contribution in [1.29, 1.82) is 0 Å². The molecule has 5 nitrogen and oxygen atoms in total. The number of carbonyl (C=O) groups is 1. The summed E-state index contributed by atoms with van der Waals surface area (Å²) >= 11 is 12.6. The SMILES string of the molecule is Cc1c(C(=O)N[C@@H]2CCCC[C@H]2O)c(N)n(-c2ccccc2Cl)c1-c1ccc(Cl)cc1. The van der Waals surface area contributed by atoms with E-state index in [1.54, 1.807) is 18.2 Å². The first kappa shape index (κ1) is 21.8. The number of nitrogen functional groups attached to an aromatic ring is 1. The fraction of sp³-hybridized carbons (Fsp3) is 0.292. The van der Waals surface area contributed by atoms with E-state index in [0.29, 0.717) is 33.5 Å². The van der Waals surface area contributed by atoms with E-state index >= 15 is 0 Å². The van der Waals surface area contributed by atoms with Crippen LogP contribution >= 0.6 is 23.2 Å². The fourth-order valence-electron chi connectivity index (χ4n) is 4.35. The van der Waals surface area contributed by atoms with Crippen molar-refractivity contribution < 1.29 is 9.90 Å². The number of halogens is 2. The van der Waals surface area contributed by atoms with Gasteiger partial charge in [0.05, 0.1) is 34.1 Å². The summed E-state index contributed by atoms with van der Waals surface area (Å²) < 4.78 is 1.81. The van der Waals surface area contributed by atoms with Gasteiger partial charge >= 0.3 is 0 Å². The second-order valence-corrected chi connectivity index (χ2v) is 8.80. The first-order chi connectivity index (χ1) is 14.9. The third kappa shape index (κ3) is 4.18. The summed E-state index contributed by atoms with van der Waals surface area (Å²) in [6.45, 7) is 1.87. The zero-order valence-corrected chi connectivity index (χ0v) is 18.7. The lowest BCUT2D eigenvalue weighted by molar-refractivity contribution is 0.0717. The van der Waals surface area contributed by atoms with Crippen LogP contribution in [0.1, 0.15) is 41.6 Å². The van der Waals surface area contributed by atoms with Gasteiger partial charge in [0.15, 0.2) is 0 Å². The van der Waals surface area contributed by atoms with E-state index in [-0.39, 0.29) is 11.9 Å². The van der Waals surface area contributed by atoms with Gasteiger partial charge in [0.25, 0.3) is 5.91 Å². The molecule has 3 aromatic rings. The van der Waals surface area contributed by atoms with Gasteiger partial charge in [-0.25, -0.2) is 0 Å². The number of aromatic nitrogens is 1. The largest absolute Gasteiger partial charge is 0.391 e. The monoisotopic (exact) mass is 457 g/mol. The molecule has 0 aliphatic heterocycles. The second kappa shape index (κ2) is 8.95. The Labute approximate surface area is 191 Å². The lowest BCUT2D eigenvalue weighted by atomic mass is 9.92. The molecule has 1 saturated carbocycles. The predicted molar refractivity (Wildman–Crippen MR) is 126 cm³/mol. The molecule has 1 amide bonds. The van der Waals surface area contributed by atoms with Crippen LogP contribution in [-0.2, 0) is 0 Å². The highest BCUT2D eigenvalue weighted by atomic mass is 35.5. The van der Waals surface area contributed by atoms with Crippen LogP contribution in [0.25, 0.3) is 16.9 Å². The maximum atomic E-state index is 13.3. The number of anilines is 1. The molecule has 0 saturated heterocycles. The topological polar surface area (TPSA) is 80.3 Å². The summed E-state index contributed by atoms with van der Waals surface area (Å²) in [4.78, 5) is 13.3. The van der Waals surface area contributed by atoms with Crippen LogP contribution < -0.4 is 11.1 Å². The average molecular weight is 458 g/mol. The first-order valence-corrected chi connectivity index (χ1v) is 11.1. The molecule has 162 valence electrons. The van der Waals surface area contributed by atoms with Crippen molar-refractivity contribution in [3.05, 3.63) is 69.7 Å². The summed E-state index contributed by atoms with van der Waals surface area (Å²) in [6.07, 6.45) is 2.85. The van der Waals surface area contributed by atoms with Crippen LogP contribution in [0.5, 0.6) is 0 Å². The maximum absolute atomic E-state index is 13.3. The molecule has 4 N–H and O–H groups in total. The van der Waals surface area contributed by atoms with Crippen molar-refractivity contribution in [3.8, 4) is 16.9 Å². The smallest absolute Gasteiger partial charge is 0.255 e.